The van der Waals surface area contributed by atoms with E-state index in [2.05, 4.69) is 5.32 Å². The van der Waals surface area contributed by atoms with Gasteiger partial charge in [-0.3, -0.25) is 9.59 Å². The Morgan fingerprint density at radius 1 is 1.23 bits per heavy atom. The molecule has 1 N–H and O–H groups in total. The molecule has 0 aliphatic carbocycles. The number of anilines is 1. The number of nitrogens with zero attached hydrogens (tertiary/aromatic N) is 3. The average Bonchev–Trinajstić information content (AvgIpc) is 3.27. The number of amides is 1. The van der Waals surface area contributed by atoms with Crippen LogP contribution in [0.25, 0.3) is 0 Å². The Morgan fingerprint density at radius 3 is 2.61 bits per heavy atom. The van der Waals surface area contributed by atoms with Gasteiger partial charge in [0.25, 0.3) is 0 Å². The van der Waals surface area contributed by atoms with Crippen LogP contribution in [-0.4, -0.2) is 40.3 Å². The molecule has 0 bridgehead atoms. The zero-order valence-corrected chi connectivity index (χ0v) is 18.4. The third kappa shape index (κ3) is 3.69. The molecular weight excluding hydrogens is 396 g/mol. The molecule has 1 unspecified atom stereocenters. The lowest BCUT2D eigenvalue weighted by Gasteiger charge is -2.24. The monoisotopic (exact) mass is 422 g/mol. The largest absolute Gasteiger partial charge is 0.493 e. The van der Waals surface area contributed by atoms with E-state index in [1.54, 1.807) is 21.1 Å². The van der Waals surface area contributed by atoms with Crippen LogP contribution in [-0.2, 0) is 18.4 Å². The fraction of sp³-hybridized carbons (Fsp3) is 0.348. The quantitative estimate of drug-likeness (QED) is 0.616. The molecule has 1 atom stereocenters. The number of fused-ring (bicyclic) bond motifs is 1. The summed E-state index contributed by atoms with van der Waals surface area (Å²) >= 11 is 0. The van der Waals surface area contributed by atoms with Gasteiger partial charge < -0.3 is 19.4 Å². The van der Waals surface area contributed by atoms with Crippen LogP contribution in [0.3, 0.4) is 0 Å². The van der Waals surface area contributed by atoms with Crippen molar-refractivity contribution in [3.05, 3.63) is 58.5 Å². The average molecular weight is 422 g/mol. The van der Waals surface area contributed by atoms with E-state index in [9.17, 15) is 9.59 Å². The van der Waals surface area contributed by atoms with Gasteiger partial charge in [0.15, 0.2) is 17.3 Å². The molecule has 3 aromatic rings. The van der Waals surface area contributed by atoms with Crippen LogP contribution in [0.5, 0.6) is 11.5 Å². The summed E-state index contributed by atoms with van der Waals surface area (Å²) in [6.07, 6.45) is 2.12. The van der Waals surface area contributed by atoms with Crippen LogP contribution >= 0.6 is 0 Å². The highest BCUT2D eigenvalue weighted by atomic mass is 16.5. The van der Waals surface area contributed by atoms with E-state index < -0.39 is 0 Å². The molecule has 2 aromatic heterocycles. The molecule has 0 spiro atoms. The molecule has 1 amide bonds. The van der Waals surface area contributed by atoms with Gasteiger partial charge in [0.2, 0.25) is 5.91 Å². The molecule has 0 radical (unpaired) electrons. The van der Waals surface area contributed by atoms with Crippen LogP contribution < -0.4 is 14.8 Å². The first-order chi connectivity index (χ1) is 14.8. The van der Waals surface area contributed by atoms with E-state index in [-0.39, 0.29) is 17.6 Å². The van der Waals surface area contributed by atoms with Crippen molar-refractivity contribution < 1.29 is 19.1 Å². The van der Waals surface area contributed by atoms with Crippen LogP contribution in [0.4, 0.5) is 5.82 Å². The van der Waals surface area contributed by atoms with Crippen molar-refractivity contribution in [2.45, 2.75) is 32.7 Å². The molecule has 4 rings (SSSR count). The maximum atomic E-state index is 12.6. The van der Waals surface area contributed by atoms with Crippen molar-refractivity contribution >= 4 is 17.5 Å². The van der Waals surface area contributed by atoms with Gasteiger partial charge in [-0.05, 0) is 37.6 Å². The summed E-state index contributed by atoms with van der Waals surface area (Å²) in [4.78, 5) is 24.4. The highest BCUT2D eigenvalue weighted by Gasteiger charge is 2.34. The molecule has 0 saturated heterocycles. The fourth-order valence-corrected chi connectivity index (χ4v) is 4.25. The lowest BCUT2D eigenvalue weighted by atomic mass is 9.89. The minimum Gasteiger partial charge on any atom is -0.493 e. The van der Waals surface area contributed by atoms with Gasteiger partial charge in [0, 0.05) is 42.4 Å². The number of aryl methyl sites for hydroxylation is 2. The van der Waals surface area contributed by atoms with E-state index in [4.69, 9.17) is 14.6 Å². The van der Waals surface area contributed by atoms with Crippen LogP contribution in [0, 0.1) is 6.92 Å². The summed E-state index contributed by atoms with van der Waals surface area (Å²) < 4.78 is 14.5. The predicted octanol–water partition coefficient (Wildman–Crippen LogP) is 3.27. The topological polar surface area (TPSA) is 87.4 Å². The summed E-state index contributed by atoms with van der Waals surface area (Å²) in [6.45, 7) is 3.96. The SMILES string of the molecule is COc1ccc(Cn2nc(C)c3c2NC(=O)CC3c2cc(C(C)=O)cn2C)cc1OC. The summed E-state index contributed by atoms with van der Waals surface area (Å²) in [5, 5.41) is 7.72. The van der Waals surface area contributed by atoms with Gasteiger partial charge in [-0.15, -0.1) is 0 Å². The van der Waals surface area contributed by atoms with Crippen LogP contribution in [0.15, 0.2) is 30.5 Å². The van der Waals surface area contributed by atoms with Gasteiger partial charge in [-0.2, -0.15) is 5.10 Å². The fourth-order valence-electron chi connectivity index (χ4n) is 4.25. The lowest BCUT2D eigenvalue weighted by molar-refractivity contribution is -0.116. The van der Waals surface area contributed by atoms with Gasteiger partial charge in [0.05, 0.1) is 26.5 Å². The second kappa shape index (κ2) is 7.94. The first kappa shape index (κ1) is 20.7. The Balaban J connectivity index is 1.74. The normalized spacial score (nSPS) is 15.4. The van der Waals surface area contributed by atoms with Gasteiger partial charge >= 0.3 is 0 Å². The molecule has 1 aromatic carbocycles. The predicted molar refractivity (Wildman–Crippen MR) is 116 cm³/mol. The third-order valence-electron chi connectivity index (χ3n) is 5.76. The molecule has 1 aliphatic rings. The zero-order chi connectivity index (χ0) is 22.3. The lowest BCUT2D eigenvalue weighted by Crippen LogP contribution is -2.26. The van der Waals surface area contributed by atoms with Gasteiger partial charge in [-0.25, -0.2) is 4.68 Å². The molecule has 1 aliphatic heterocycles. The summed E-state index contributed by atoms with van der Waals surface area (Å²) in [5.74, 6) is 1.75. The zero-order valence-electron chi connectivity index (χ0n) is 18.4. The first-order valence-electron chi connectivity index (χ1n) is 10.1. The minimum absolute atomic E-state index is 0.00297. The van der Waals surface area contributed by atoms with Crippen LogP contribution in [0.2, 0.25) is 0 Å². The second-order valence-electron chi connectivity index (χ2n) is 7.82. The molecule has 0 fully saturated rings. The highest BCUT2D eigenvalue weighted by Crippen LogP contribution is 2.40. The maximum Gasteiger partial charge on any atom is 0.226 e. The van der Waals surface area contributed by atoms with E-state index >= 15 is 0 Å². The Kier molecular flexibility index (Phi) is 5.31. The number of Topliss-reactive ketones (excluding diaryl/α,β-unsaturated/α-hetero) is 1. The first-order valence-corrected chi connectivity index (χ1v) is 10.1. The smallest absolute Gasteiger partial charge is 0.226 e. The maximum absolute atomic E-state index is 12.6. The van der Waals surface area contributed by atoms with Crippen molar-refractivity contribution in [1.82, 2.24) is 14.3 Å². The number of methoxy groups -OCH3 is 2. The molecule has 8 nitrogen and oxygen atoms in total. The van der Waals surface area contributed by atoms with E-state index in [1.807, 2.05) is 53.7 Å². The molecule has 8 heteroatoms. The molecule has 31 heavy (non-hydrogen) atoms. The van der Waals surface area contributed by atoms with Crippen molar-refractivity contribution in [1.29, 1.82) is 0 Å². The number of carbonyl (C=O) groups excluding carboxylic acids is 2. The Bertz CT molecular complexity index is 1170. The van der Waals surface area contributed by atoms with Gasteiger partial charge in [0.1, 0.15) is 5.82 Å². The summed E-state index contributed by atoms with van der Waals surface area (Å²) in [6, 6.07) is 7.58. The number of benzene rings is 1. The number of ether oxygens (including phenoxy) is 2. The Morgan fingerprint density at radius 2 is 1.97 bits per heavy atom. The van der Waals surface area contributed by atoms with E-state index in [1.165, 1.54) is 0 Å². The molecule has 0 saturated carbocycles. The number of nitrogens with one attached hydrogen (secondary N) is 1. The van der Waals surface area contributed by atoms with Crippen molar-refractivity contribution in [2.75, 3.05) is 19.5 Å². The summed E-state index contributed by atoms with van der Waals surface area (Å²) in [7, 11) is 5.10. The second-order valence-corrected chi connectivity index (χ2v) is 7.82. The Hall–Kier alpha value is -3.55. The number of hydrogen-bond donors (Lipinski definition) is 1. The van der Waals surface area contributed by atoms with Crippen molar-refractivity contribution in [3.8, 4) is 11.5 Å². The van der Waals surface area contributed by atoms with Gasteiger partial charge in [-0.1, -0.05) is 6.07 Å². The van der Waals surface area contributed by atoms with Crippen LogP contribution in [0.1, 0.15) is 52.1 Å². The molecule has 3 heterocycles. The number of aromatic nitrogens is 3. The molecule has 162 valence electrons. The molecular formula is C23H26N4O4. The standard InChI is InChI=1S/C23H26N4O4/c1-13-22-17(18-9-16(14(2)28)12-26(18)3)10-21(29)24-23(22)27(25-13)11-15-6-7-19(30-4)20(8-15)31-5/h6-9,12,17H,10-11H2,1-5H3,(H,24,29). The highest BCUT2D eigenvalue weighted by molar-refractivity contribution is 5.96. The summed E-state index contributed by atoms with van der Waals surface area (Å²) in [5.41, 5.74) is 4.37. The third-order valence-corrected chi connectivity index (χ3v) is 5.76. The number of rotatable bonds is 6. The number of hydrogen-bond acceptors (Lipinski definition) is 5. The van der Waals surface area contributed by atoms with E-state index in [0.717, 1.165) is 22.5 Å². The number of ketones is 1. The van der Waals surface area contributed by atoms with Crippen molar-refractivity contribution in [3.63, 3.8) is 0 Å². The van der Waals surface area contributed by atoms with E-state index in [0.29, 0.717) is 35.8 Å². The number of carbonyl (C=O) groups is 2. The minimum atomic E-state index is -0.166. The Labute approximate surface area is 180 Å². The van der Waals surface area contributed by atoms with Crippen molar-refractivity contribution in [2.24, 2.45) is 7.05 Å².